The Morgan fingerprint density at radius 1 is 1.09 bits per heavy atom. The molecule has 0 heterocycles. The Morgan fingerprint density at radius 3 is 2.39 bits per heavy atom. The minimum absolute atomic E-state index is 0.0886. The third kappa shape index (κ3) is 6.97. The number of benzene rings is 2. The maximum absolute atomic E-state index is 13.4. The van der Waals surface area contributed by atoms with E-state index in [2.05, 4.69) is 19.2 Å². The van der Waals surface area contributed by atoms with Gasteiger partial charge in [0.25, 0.3) is 5.91 Å². The second-order valence-corrected chi connectivity index (χ2v) is 9.48. The fourth-order valence-corrected chi connectivity index (χ4v) is 4.51. The average Bonchev–Trinajstić information content (AvgIpc) is 3.31. The Labute approximate surface area is 202 Å². The van der Waals surface area contributed by atoms with E-state index in [0.717, 1.165) is 36.8 Å². The molecule has 1 saturated carbocycles. The lowest BCUT2D eigenvalue weighted by Crippen LogP contribution is -2.52. The monoisotopic (exact) mass is 470 g/mol. The van der Waals surface area contributed by atoms with Crippen molar-refractivity contribution < 1.29 is 14.3 Å². The Kier molecular flexibility index (Phi) is 9.19. The zero-order valence-electron chi connectivity index (χ0n) is 19.9. The highest BCUT2D eigenvalue weighted by Crippen LogP contribution is 2.26. The maximum atomic E-state index is 13.4. The molecular weight excluding hydrogens is 436 g/mol. The van der Waals surface area contributed by atoms with Crippen molar-refractivity contribution in [2.45, 2.75) is 77.4 Å². The van der Waals surface area contributed by atoms with E-state index in [1.807, 2.05) is 43.3 Å². The molecule has 2 aromatic rings. The highest BCUT2D eigenvalue weighted by atomic mass is 35.5. The first kappa shape index (κ1) is 25.1. The highest BCUT2D eigenvalue weighted by molar-refractivity contribution is 6.30. The van der Waals surface area contributed by atoms with Gasteiger partial charge in [0.15, 0.2) is 6.61 Å². The number of hydrogen-bond acceptors (Lipinski definition) is 3. The van der Waals surface area contributed by atoms with Crippen LogP contribution in [0.4, 0.5) is 0 Å². The van der Waals surface area contributed by atoms with Crippen molar-refractivity contribution in [1.82, 2.24) is 10.2 Å². The van der Waals surface area contributed by atoms with Crippen LogP contribution >= 0.6 is 11.6 Å². The topological polar surface area (TPSA) is 58.6 Å². The summed E-state index contributed by atoms with van der Waals surface area (Å²) in [7, 11) is 0. The van der Waals surface area contributed by atoms with Crippen LogP contribution in [0.5, 0.6) is 5.75 Å². The molecule has 1 fully saturated rings. The summed E-state index contributed by atoms with van der Waals surface area (Å²) >= 11 is 6.04. The van der Waals surface area contributed by atoms with Gasteiger partial charge in [-0.2, -0.15) is 0 Å². The average molecular weight is 471 g/mol. The summed E-state index contributed by atoms with van der Waals surface area (Å²) in [6.45, 7) is 6.33. The van der Waals surface area contributed by atoms with Gasteiger partial charge in [-0.15, -0.1) is 0 Å². The molecule has 33 heavy (non-hydrogen) atoms. The number of halogens is 1. The largest absolute Gasteiger partial charge is 0.483 e. The molecule has 0 unspecified atom stereocenters. The van der Waals surface area contributed by atoms with Crippen LogP contribution in [-0.4, -0.2) is 35.4 Å². The SMILES string of the molecule is CC[C@H](C(=O)NC1CCCC1)N(Cc1ccc(Cl)cc1)C(=O)COc1ccccc1C(C)C. The number of carbonyl (C=O) groups excluding carboxylic acids is 2. The Hall–Kier alpha value is -2.53. The van der Waals surface area contributed by atoms with Gasteiger partial charge in [0.2, 0.25) is 5.91 Å². The first-order valence-corrected chi connectivity index (χ1v) is 12.3. The van der Waals surface area contributed by atoms with Gasteiger partial charge in [0.1, 0.15) is 11.8 Å². The minimum atomic E-state index is -0.558. The van der Waals surface area contributed by atoms with Gasteiger partial charge in [0.05, 0.1) is 0 Å². The van der Waals surface area contributed by atoms with Crippen LogP contribution in [-0.2, 0) is 16.1 Å². The third-order valence-electron chi connectivity index (χ3n) is 6.25. The van der Waals surface area contributed by atoms with E-state index < -0.39 is 6.04 Å². The smallest absolute Gasteiger partial charge is 0.261 e. The fraction of sp³-hybridized carbons (Fsp3) is 0.481. The van der Waals surface area contributed by atoms with Crippen molar-refractivity contribution in [3.05, 3.63) is 64.7 Å². The van der Waals surface area contributed by atoms with Gasteiger partial charge in [-0.3, -0.25) is 9.59 Å². The van der Waals surface area contributed by atoms with E-state index in [0.29, 0.717) is 23.7 Å². The van der Waals surface area contributed by atoms with Gasteiger partial charge in [-0.25, -0.2) is 0 Å². The van der Waals surface area contributed by atoms with Gasteiger partial charge in [-0.05, 0) is 54.5 Å². The molecule has 0 bridgehead atoms. The number of rotatable bonds is 10. The Morgan fingerprint density at radius 2 is 1.76 bits per heavy atom. The standard InChI is InChI=1S/C27H35ClN2O3/c1-4-24(27(32)29-22-9-5-6-10-22)30(17-20-13-15-21(28)16-14-20)26(31)18-33-25-12-8-7-11-23(25)19(2)3/h7-8,11-16,19,22,24H,4-6,9-10,17-18H2,1-3H3,(H,29,32)/t24-/m1/s1. The molecule has 0 aromatic heterocycles. The number of nitrogens with one attached hydrogen (secondary N) is 1. The van der Waals surface area contributed by atoms with E-state index in [4.69, 9.17) is 16.3 Å². The molecular formula is C27H35ClN2O3. The molecule has 178 valence electrons. The van der Waals surface area contributed by atoms with Crippen LogP contribution in [0.2, 0.25) is 5.02 Å². The molecule has 1 N–H and O–H groups in total. The molecule has 0 aliphatic heterocycles. The van der Waals surface area contributed by atoms with Crippen LogP contribution in [0, 0.1) is 0 Å². The normalized spacial score (nSPS) is 14.8. The molecule has 0 spiro atoms. The number of carbonyl (C=O) groups is 2. The lowest BCUT2D eigenvalue weighted by Gasteiger charge is -2.31. The number of nitrogens with zero attached hydrogens (tertiary/aromatic N) is 1. The molecule has 1 aliphatic rings. The molecule has 2 amide bonds. The van der Waals surface area contributed by atoms with Crippen molar-refractivity contribution in [1.29, 1.82) is 0 Å². The zero-order chi connectivity index (χ0) is 23.8. The van der Waals surface area contributed by atoms with Crippen LogP contribution in [0.3, 0.4) is 0 Å². The maximum Gasteiger partial charge on any atom is 0.261 e. The number of amides is 2. The van der Waals surface area contributed by atoms with Gasteiger partial charge in [-0.1, -0.05) is 75.5 Å². The van der Waals surface area contributed by atoms with Crippen LogP contribution in [0.1, 0.15) is 69.9 Å². The number of para-hydroxylation sites is 1. The molecule has 0 saturated heterocycles. The Bertz CT molecular complexity index is 923. The van der Waals surface area contributed by atoms with E-state index >= 15 is 0 Å². The predicted molar refractivity (Wildman–Crippen MR) is 133 cm³/mol. The zero-order valence-corrected chi connectivity index (χ0v) is 20.6. The van der Waals surface area contributed by atoms with E-state index in [9.17, 15) is 9.59 Å². The first-order valence-electron chi connectivity index (χ1n) is 11.9. The third-order valence-corrected chi connectivity index (χ3v) is 6.50. The van der Waals surface area contributed by atoms with Gasteiger partial charge < -0.3 is 15.0 Å². The summed E-state index contributed by atoms with van der Waals surface area (Å²) in [5.74, 6) is 0.684. The molecule has 1 atom stereocenters. The highest BCUT2D eigenvalue weighted by Gasteiger charge is 2.31. The molecule has 2 aromatic carbocycles. The quantitative estimate of drug-likeness (QED) is 0.484. The Balaban J connectivity index is 1.78. The minimum Gasteiger partial charge on any atom is -0.483 e. The van der Waals surface area contributed by atoms with Crippen LogP contribution < -0.4 is 10.1 Å². The summed E-state index contributed by atoms with van der Waals surface area (Å²) in [4.78, 5) is 28.2. The van der Waals surface area contributed by atoms with Gasteiger partial charge in [0, 0.05) is 17.6 Å². The van der Waals surface area contributed by atoms with Crippen molar-refractivity contribution in [3.63, 3.8) is 0 Å². The summed E-state index contributed by atoms with van der Waals surface area (Å²) in [5, 5.41) is 3.80. The fourth-order valence-electron chi connectivity index (χ4n) is 4.38. The number of hydrogen-bond donors (Lipinski definition) is 1. The van der Waals surface area contributed by atoms with Crippen molar-refractivity contribution in [2.24, 2.45) is 0 Å². The van der Waals surface area contributed by atoms with Crippen molar-refractivity contribution >= 4 is 23.4 Å². The lowest BCUT2D eigenvalue weighted by molar-refractivity contribution is -0.143. The summed E-state index contributed by atoms with van der Waals surface area (Å²) in [6, 6.07) is 14.8. The lowest BCUT2D eigenvalue weighted by atomic mass is 10.0. The molecule has 5 nitrogen and oxygen atoms in total. The van der Waals surface area contributed by atoms with Gasteiger partial charge >= 0.3 is 0 Å². The first-order chi connectivity index (χ1) is 15.9. The van der Waals surface area contributed by atoms with E-state index in [1.54, 1.807) is 17.0 Å². The van der Waals surface area contributed by atoms with E-state index in [-0.39, 0.29) is 30.4 Å². The molecule has 6 heteroatoms. The second-order valence-electron chi connectivity index (χ2n) is 9.04. The van der Waals surface area contributed by atoms with Crippen molar-refractivity contribution in [3.8, 4) is 5.75 Å². The summed E-state index contributed by atoms with van der Waals surface area (Å²) < 4.78 is 5.96. The molecule has 0 radical (unpaired) electrons. The second kappa shape index (κ2) is 12.1. The summed E-state index contributed by atoms with van der Waals surface area (Å²) in [6.07, 6.45) is 4.81. The molecule has 3 rings (SSSR count). The number of ether oxygens (including phenoxy) is 1. The summed E-state index contributed by atoms with van der Waals surface area (Å²) in [5.41, 5.74) is 1.98. The molecule has 1 aliphatic carbocycles. The predicted octanol–water partition coefficient (Wildman–Crippen LogP) is 5.71. The van der Waals surface area contributed by atoms with Crippen molar-refractivity contribution in [2.75, 3.05) is 6.61 Å². The van der Waals surface area contributed by atoms with Crippen LogP contribution in [0.25, 0.3) is 0 Å². The van der Waals surface area contributed by atoms with E-state index in [1.165, 1.54) is 0 Å². The van der Waals surface area contributed by atoms with Crippen LogP contribution in [0.15, 0.2) is 48.5 Å².